The summed E-state index contributed by atoms with van der Waals surface area (Å²) < 4.78 is 58.5. The number of nitrogens with one attached hydrogen (secondary N) is 2. The SMILES string of the molecule is Cn1cc(-c2ccc3cnc(C(NC(=O)C4CCNCC4)C4(C(F)(F)F)CC4F)cc3c2)cn1. The maximum absolute atomic E-state index is 14.4. The van der Waals surface area contributed by atoms with E-state index in [2.05, 4.69) is 20.7 Å². The maximum Gasteiger partial charge on any atom is 0.399 e. The van der Waals surface area contributed by atoms with E-state index in [1.807, 2.05) is 24.4 Å². The third-order valence-corrected chi connectivity index (χ3v) is 7.03. The topological polar surface area (TPSA) is 71.8 Å². The minimum atomic E-state index is -4.83. The van der Waals surface area contributed by atoms with Crippen LogP contribution in [0.3, 0.4) is 0 Å². The van der Waals surface area contributed by atoms with Crippen LogP contribution < -0.4 is 10.6 Å². The summed E-state index contributed by atoms with van der Waals surface area (Å²) in [6.45, 7) is 1.23. The number of aryl methyl sites for hydroxylation is 1. The lowest BCUT2D eigenvalue weighted by atomic mass is 9.89. The molecule has 1 amide bonds. The van der Waals surface area contributed by atoms with Gasteiger partial charge >= 0.3 is 6.18 Å². The fraction of sp³-hybridized carbons (Fsp3) is 0.458. The summed E-state index contributed by atoms with van der Waals surface area (Å²) in [5, 5.41) is 11.2. The van der Waals surface area contributed by atoms with Crippen molar-refractivity contribution >= 4 is 16.7 Å². The highest BCUT2D eigenvalue weighted by Crippen LogP contribution is 2.65. The van der Waals surface area contributed by atoms with Crippen molar-refractivity contribution < 1.29 is 22.4 Å². The molecular formula is C24H25F4N5O. The smallest absolute Gasteiger partial charge is 0.346 e. The molecule has 0 spiro atoms. The number of alkyl halides is 4. The first kappa shape index (κ1) is 22.8. The molecule has 3 heterocycles. The number of piperidine rings is 1. The van der Waals surface area contributed by atoms with Gasteiger partial charge < -0.3 is 10.6 Å². The minimum Gasteiger partial charge on any atom is -0.346 e. The van der Waals surface area contributed by atoms with Crippen molar-refractivity contribution in [2.24, 2.45) is 18.4 Å². The fourth-order valence-electron chi connectivity index (χ4n) is 4.87. The van der Waals surface area contributed by atoms with E-state index in [4.69, 9.17) is 0 Å². The highest BCUT2D eigenvalue weighted by molar-refractivity contribution is 5.87. The Morgan fingerprint density at radius 3 is 2.53 bits per heavy atom. The van der Waals surface area contributed by atoms with Crippen molar-refractivity contribution in [3.63, 3.8) is 0 Å². The molecule has 1 aromatic carbocycles. The van der Waals surface area contributed by atoms with Gasteiger partial charge in [-0.3, -0.25) is 14.5 Å². The number of nitrogens with zero attached hydrogens (tertiary/aromatic N) is 3. The summed E-state index contributed by atoms with van der Waals surface area (Å²) >= 11 is 0. The van der Waals surface area contributed by atoms with Crippen LogP contribution in [0.2, 0.25) is 0 Å². The molecule has 1 saturated carbocycles. The molecule has 3 unspecified atom stereocenters. The van der Waals surface area contributed by atoms with E-state index in [-0.39, 0.29) is 5.69 Å². The van der Waals surface area contributed by atoms with Crippen LogP contribution in [0.4, 0.5) is 17.6 Å². The van der Waals surface area contributed by atoms with Gasteiger partial charge in [-0.1, -0.05) is 12.1 Å². The van der Waals surface area contributed by atoms with Crippen molar-refractivity contribution in [1.82, 2.24) is 25.4 Å². The predicted molar refractivity (Wildman–Crippen MR) is 118 cm³/mol. The second-order valence-electron chi connectivity index (χ2n) is 9.25. The summed E-state index contributed by atoms with van der Waals surface area (Å²) in [5.41, 5.74) is -0.961. The van der Waals surface area contributed by atoms with E-state index in [1.54, 1.807) is 17.9 Å². The number of carbonyl (C=O) groups excluding carboxylic acids is 1. The molecule has 1 saturated heterocycles. The fourth-order valence-corrected chi connectivity index (χ4v) is 4.87. The van der Waals surface area contributed by atoms with Crippen molar-refractivity contribution in [3.8, 4) is 11.1 Å². The molecule has 3 aromatic rings. The van der Waals surface area contributed by atoms with E-state index in [0.29, 0.717) is 31.3 Å². The van der Waals surface area contributed by atoms with E-state index in [0.717, 1.165) is 16.5 Å². The van der Waals surface area contributed by atoms with E-state index in [9.17, 15) is 22.4 Å². The van der Waals surface area contributed by atoms with Gasteiger partial charge in [0, 0.05) is 36.3 Å². The van der Waals surface area contributed by atoms with Gasteiger partial charge in [-0.25, -0.2) is 4.39 Å². The van der Waals surface area contributed by atoms with Gasteiger partial charge in [0.1, 0.15) is 11.6 Å². The normalized spacial score (nSPS) is 24.2. The Morgan fingerprint density at radius 1 is 1.18 bits per heavy atom. The van der Waals surface area contributed by atoms with Crippen LogP contribution in [0.5, 0.6) is 0 Å². The number of aromatic nitrogens is 3. The van der Waals surface area contributed by atoms with Gasteiger partial charge in [-0.05, 0) is 55.4 Å². The lowest BCUT2D eigenvalue weighted by Crippen LogP contribution is -2.46. The van der Waals surface area contributed by atoms with Crippen LogP contribution in [-0.2, 0) is 11.8 Å². The number of pyridine rings is 1. The molecule has 2 fully saturated rings. The largest absolute Gasteiger partial charge is 0.399 e. The molecule has 1 aliphatic heterocycles. The van der Waals surface area contributed by atoms with Crippen molar-refractivity contribution in [1.29, 1.82) is 0 Å². The minimum absolute atomic E-state index is 0.00981. The van der Waals surface area contributed by atoms with E-state index < -0.39 is 42.1 Å². The third kappa shape index (κ3) is 3.93. The molecule has 3 atom stereocenters. The van der Waals surface area contributed by atoms with E-state index >= 15 is 0 Å². The Morgan fingerprint density at radius 2 is 1.91 bits per heavy atom. The summed E-state index contributed by atoms with van der Waals surface area (Å²) in [6.07, 6.45) is -1.56. The number of halogens is 4. The number of benzene rings is 1. The number of rotatable bonds is 5. The Bertz CT molecular complexity index is 1220. The van der Waals surface area contributed by atoms with E-state index in [1.165, 1.54) is 12.3 Å². The summed E-state index contributed by atoms with van der Waals surface area (Å²) in [7, 11) is 1.79. The monoisotopic (exact) mass is 475 g/mol. The first-order chi connectivity index (χ1) is 16.2. The highest BCUT2D eigenvalue weighted by Gasteiger charge is 2.76. The first-order valence-corrected chi connectivity index (χ1v) is 11.3. The second-order valence-corrected chi connectivity index (χ2v) is 9.25. The zero-order valence-corrected chi connectivity index (χ0v) is 18.6. The Labute approximate surface area is 193 Å². The molecule has 2 N–H and O–H groups in total. The molecule has 2 aliphatic rings. The first-order valence-electron chi connectivity index (χ1n) is 11.3. The van der Waals surface area contributed by atoms with Crippen LogP contribution in [-0.4, -0.2) is 46.1 Å². The van der Waals surface area contributed by atoms with Crippen molar-refractivity contribution in [3.05, 3.63) is 48.5 Å². The van der Waals surface area contributed by atoms with Crippen LogP contribution in [0, 0.1) is 11.3 Å². The zero-order chi connectivity index (χ0) is 24.1. The van der Waals surface area contributed by atoms with Crippen LogP contribution in [0.25, 0.3) is 21.9 Å². The van der Waals surface area contributed by atoms with Crippen LogP contribution in [0.1, 0.15) is 31.0 Å². The maximum atomic E-state index is 14.4. The third-order valence-electron chi connectivity index (χ3n) is 7.03. The molecule has 2 aromatic heterocycles. The molecule has 34 heavy (non-hydrogen) atoms. The van der Waals surface area contributed by atoms with Gasteiger partial charge in [-0.15, -0.1) is 0 Å². The number of hydrogen-bond acceptors (Lipinski definition) is 4. The standard InChI is InChI=1S/C24H25F4N5O/c1-33-13-18(12-31-33)15-2-3-16-11-30-19(9-17(16)8-15)21(23(10-20(23)25)24(26,27)28)32-22(34)14-4-6-29-7-5-14/h2-3,8-9,11-14,20-21,29H,4-7,10H2,1H3,(H,32,34). The lowest BCUT2D eigenvalue weighted by Gasteiger charge is -2.32. The van der Waals surface area contributed by atoms with Crippen molar-refractivity contribution in [2.75, 3.05) is 13.1 Å². The van der Waals surface area contributed by atoms with Gasteiger partial charge in [0.2, 0.25) is 5.91 Å². The zero-order valence-electron chi connectivity index (χ0n) is 18.6. The van der Waals surface area contributed by atoms with Gasteiger partial charge in [-0.2, -0.15) is 18.3 Å². The molecule has 0 bridgehead atoms. The highest BCUT2D eigenvalue weighted by atomic mass is 19.4. The summed E-state index contributed by atoms with van der Waals surface area (Å²) in [5.74, 6) is -0.899. The Balaban J connectivity index is 1.54. The molecular weight excluding hydrogens is 450 g/mol. The van der Waals surface area contributed by atoms with Gasteiger partial charge in [0.05, 0.1) is 17.9 Å². The van der Waals surface area contributed by atoms with Crippen molar-refractivity contribution in [2.45, 2.75) is 37.7 Å². The van der Waals surface area contributed by atoms with Crippen LogP contribution >= 0.6 is 0 Å². The summed E-state index contributed by atoms with van der Waals surface area (Å²) in [6, 6.07) is 5.47. The predicted octanol–water partition coefficient (Wildman–Crippen LogP) is 4.08. The molecule has 5 rings (SSSR count). The molecule has 6 nitrogen and oxygen atoms in total. The second kappa shape index (κ2) is 8.33. The summed E-state index contributed by atoms with van der Waals surface area (Å²) in [4.78, 5) is 17.2. The number of amides is 1. The van der Waals surface area contributed by atoms with Gasteiger partial charge in [0.15, 0.2) is 0 Å². The Hall–Kier alpha value is -3.01. The molecule has 0 radical (unpaired) electrons. The molecule has 1 aliphatic carbocycles. The number of carbonyl (C=O) groups is 1. The average Bonchev–Trinajstić information content (AvgIpc) is 3.33. The lowest BCUT2D eigenvalue weighted by molar-refractivity contribution is -0.203. The molecule has 180 valence electrons. The average molecular weight is 475 g/mol. The Kier molecular flexibility index (Phi) is 5.58. The number of hydrogen-bond donors (Lipinski definition) is 2. The quantitative estimate of drug-likeness (QED) is 0.546. The van der Waals surface area contributed by atoms with Crippen LogP contribution in [0.15, 0.2) is 42.9 Å². The molecule has 10 heteroatoms. The number of fused-ring (bicyclic) bond motifs is 1. The van der Waals surface area contributed by atoms with Gasteiger partial charge in [0.25, 0.3) is 0 Å².